The van der Waals surface area contributed by atoms with Crippen LogP contribution in [-0.2, 0) is 0 Å². The summed E-state index contributed by atoms with van der Waals surface area (Å²) in [6.45, 7) is 4.86. The highest BCUT2D eigenvalue weighted by atomic mass is 16.3. The predicted octanol–water partition coefficient (Wildman–Crippen LogP) is 5.51. The van der Waals surface area contributed by atoms with Gasteiger partial charge >= 0.3 is 0 Å². The van der Waals surface area contributed by atoms with Crippen molar-refractivity contribution in [3.05, 3.63) is 23.3 Å². The van der Waals surface area contributed by atoms with E-state index in [2.05, 4.69) is 26.0 Å². The van der Waals surface area contributed by atoms with E-state index in [0.717, 1.165) is 18.8 Å². The molecule has 2 heteroatoms. The van der Waals surface area contributed by atoms with Crippen LogP contribution in [-0.4, -0.2) is 17.3 Å². The molecule has 25 heavy (non-hydrogen) atoms. The van der Waals surface area contributed by atoms with E-state index in [1.807, 2.05) is 0 Å². The molecule has 0 aromatic carbocycles. The Labute approximate surface area is 155 Å². The van der Waals surface area contributed by atoms with Crippen LogP contribution in [0.25, 0.3) is 0 Å². The van der Waals surface area contributed by atoms with Gasteiger partial charge in [-0.3, -0.25) is 0 Å². The maximum absolute atomic E-state index is 9.59. The van der Waals surface area contributed by atoms with Crippen LogP contribution >= 0.6 is 0 Å². The summed E-state index contributed by atoms with van der Waals surface area (Å²) >= 11 is 0. The van der Waals surface area contributed by atoms with Gasteiger partial charge in [-0.05, 0) is 73.3 Å². The van der Waals surface area contributed by atoms with Crippen molar-refractivity contribution in [3.63, 3.8) is 0 Å². The van der Waals surface area contributed by atoms with Gasteiger partial charge in [-0.15, -0.1) is 0 Å². The SMILES string of the molecule is CCCCCC[C@H]1CCC2=CC(C)([C@H]3CC[C@](N)(CO)C3)CC=C2C1. The maximum Gasteiger partial charge on any atom is 0.0611 e. The second kappa shape index (κ2) is 7.96. The monoisotopic (exact) mass is 345 g/mol. The number of hydrogen-bond donors (Lipinski definition) is 2. The molecular formula is C23H39NO. The smallest absolute Gasteiger partial charge is 0.0611 e. The van der Waals surface area contributed by atoms with Gasteiger partial charge < -0.3 is 10.8 Å². The quantitative estimate of drug-likeness (QED) is 0.598. The zero-order chi connectivity index (χ0) is 17.9. The minimum Gasteiger partial charge on any atom is -0.394 e. The van der Waals surface area contributed by atoms with Crippen LogP contribution in [0.5, 0.6) is 0 Å². The van der Waals surface area contributed by atoms with Gasteiger partial charge in [0.15, 0.2) is 0 Å². The number of unbranched alkanes of at least 4 members (excludes halogenated alkanes) is 3. The van der Waals surface area contributed by atoms with Crippen molar-refractivity contribution in [1.29, 1.82) is 0 Å². The largest absolute Gasteiger partial charge is 0.394 e. The highest BCUT2D eigenvalue weighted by Gasteiger charge is 2.44. The Morgan fingerprint density at radius 1 is 1.20 bits per heavy atom. The third-order valence-electron chi connectivity index (χ3n) is 7.39. The van der Waals surface area contributed by atoms with Crippen molar-refractivity contribution in [1.82, 2.24) is 0 Å². The molecule has 0 aromatic heterocycles. The Kier molecular flexibility index (Phi) is 6.11. The van der Waals surface area contributed by atoms with E-state index in [-0.39, 0.29) is 17.6 Å². The molecule has 0 bridgehead atoms. The first-order valence-corrected chi connectivity index (χ1v) is 10.8. The topological polar surface area (TPSA) is 46.2 Å². The zero-order valence-electron chi connectivity index (χ0n) is 16.5. The molecule has 142 valence electrons. The fraction of sp³-hybridized carbons (Fsp3) is 0.826. The van der Waals surface area contributed by atoms with Crippen molar-refractivity contribution < 1.29 is 5.11 Å². The van der Waals surface area contributed by atoms with Crippen LogP contribution < -0.4 is 5.73 Å². The van der Waals surface area contributed by atoms with Gasteiger partial charge in [0.1, 0.15) is 0 Å². The molecule has 0 spiro atoms. The summed E-state index contributed by atoms with van der Waals surface area (Å²) in [5.74, 6) is 1.55. The molecule has 3 rings (SSSR count). The second-order valence-corrected chi connectivity index (χ2v) is 9.53. The van der Waals surface area contributed by atoms with E-state index < -0.39 is 0 Å². The number of rotatable bonds is 7. The molecule has 3 aliphatic rings. The molecule has 0 saturated heterocycles. The van der Waals surface area contributed by atoms with Crippen molar-refractivity contribution >= 4 is 0 Å². The minimum absolute atomic E-state index is 0.136. The van der Waals surface area contributed by atoms with Gasteiger partial charge in [-0.25, -0.2) is 0 Å². The number of aliphatic hydroxyl groups is 1. The van der Waals surface area contributed by atoms with E-state index in [4.69, 9.17) is 5.73 Å². The normalized spacial score (nSPS) is 38.2. The van der Waals surface area contributed by atoms with Crippen LogP contribution in [0.3, 0.4) is 0 Å². The Hall–Kier alpha value is -0.600. The Morgan fingerprint density at radius 3 is 2.76 bits per heavy atom. The lowest BCUT2D eigenvalue weighted by Crippen LogP contribution is -2.42. The summed E-state index contributed by atoms with van der Waals surface area (Å²) in [7, 11) is 0. The lowest BCUT2D eigenvalue weighted by Gasteiger charge is -2.39. The molecule has 2 nitrogen and oxygen atoms in total. The lowest BCUT2D eigenvalue weighted by molar-refractivity contribution is 0.179. The van der Waals surface area contributed by atoms with Crippen molar-refractivity contribution in [2.45, 2.75) is 96.4 Å². The standard InChI is InChI=1S/C23H39NO/c1-3-4-5-6-7-18-8-9-20-15-22(2,12-10-19(20)14-18)21-11-13-23(24,16-21)17-25/h10,15,18,21,25H,3-9,11-14,16-17,24H2,1-2H3/t18-,21-,22?,23+/m0/s1. The van der Waals surface area contributed by atoms with Crippen LogP contribution in [0.4, 0.5) is 0 Å². The molecular weight excluding hydrogens is 306 g/mol. The van der Waals surface area contributed by atoms with Crippen LogP contribution in [0.1, 0.15) is 90.9 Å². The van der Waals surface area contributed by atoms with Gasteiger partial charge in [0, 0.05) is 5.54 Å². The number of nitrogens with two attached hydrogens (primary N) is 1. The number of aliphatic hydroxyl groups excluding tert-OH is 1. The van der Waals surface area contributed by atoms with Crippen molar-refractivity contribution in [3.8, 4) is 0 Å². The first-order valence-electron chi connectivity index (χ1n) is 10.8. The van der Waals surface area contributed by atoms with Gasteiger partial charge in [0.25, 0.3) is 0 Å². The molecule has 0 radical (unpaired) electrons. The summed E-state index contributed by atoms with van der Waals surface area (Å²) in [5.41, 5.74) is 9.56. The molecule has 0 aromatic rings. The number of hydrogen-bond acceptors (Lipinski definition) is 2. The first-order chi connectivity index (χ1) is 12.0. The predicted molar refractivity (Wildman–Crippen MR) is 106 cm³/mol. The highest BCUT2D eigenvalue weighted by molar-refractivity contribution is 5.39. The zero-order valence-corrected chi connectivity index (χ0v) is 16.5. The fourth-order valence-electron chi connectivity index (χ4n) is 5.50. The molecule has 2 fully saturated rings. The summed E-state index contributed by atoms with van der Waals surface area (Å²) in [6.07, 6.45) is 20.4. The summed E-state index contributed by atoms with van der Waals surface area (Å²) in [5, 5.41) is 9.59. The Morgan fingerprint density at radius 2 is 2.04 bits per heavy atom. The highest BCUT2D eigenvalue weighted by Crippen LogP contribution is 2.51. The molecule has 2 saturated carbocycles. The van der Waals surface area contributed by atoms with Crippen molar-refractivity contribution in [2.75, 3.05) is 6.61 Å². The Balaban J connectivity index is 1.57. The number of fused-ring (bicyclic) bond motifs is 1. The van der Waals surface area contributed by atoms with Gasteiger partial charge in [-0.1, -0.05) is 58.1 Å². The first kappa shape index (κ1) is 19.2. The summed E-state index contributed by atoms with van der Waals surface area (Å²) in [6, 6.07) is 0. The van der Waals surface area contributed by atoms with Crippen LogP contribution in [0.2, 0.25) is 0 Å². The third kappa shape index (κ3) is 4.39. The minimum atomic E-state index is -0.327. The average Bonchev–Trinajstić information content (AvgIpc) is 3.03. The van der Waals surface area contributed by atoms with Crippen LogP contribution in [0.15, 0.2) is 23.3 Å². The lowest BCUT2D eigenvalue weighted by atomic mass is 9.66. The van der Waals surface area contributed by atoms with Gasteiger partial charge in [0.2, 0.25) is 0 Å². The molecule has 4 atom stereocenters. The van der Waals surface area contributed by atoms with E-state index in [9.17, 15) is 5.11 Å². The van der Waals surface area contributed by atoms with E-state index in [1.54, 1.807) is 11.1 Å². The summed E-state index contributed by atoms with van der Waals surface area (Å²) in [4.78, 5) is 0. The van der Waals surface area contributed by atoms with Gasteiger partial charge in [-0.2, -0.15) is 0 Å². The Bertz CT molecular complexity index is 522. The molecule has 3 N–H and O–H groups in total. The van der Waals surface area contributed by atoms with Crippen LogP contribution in [0, 0.1) is 17.3 Å². The molecule has 3 aliphatic carbocycles. The fourth-order valence-corrected chi connectivity index (χ4v) is 5.50. The third-order valence-corrected chi connectivity index (χ3v) is 7.39. The molecule has 0 aliphatic heterocycles. The van der Waals surface area contributed by atoms with E-state index >= 15 is 0 Å². The number of allylic oxidation sites excluding steroid dienone is 4. The van der Waals surface area contributed by atoms with E-state index in [1.165, 1.54) is 64.2 Å². The molecule has 0 amide bonds. The molecule has 1 unspecified atom stereocenters. The second-order valence-electron chi connectivity index (χ2n) is 9.53. The maximum atomic E-state index is 9.59. The average molecular weight is 346 g/mol. The van der Waals surface area contributed by atoms with Gasteiger partial charge in [0.05, 0.1) is 6.61 Å². The summed E-state index contributed by atoms with van der Waals surface area (Å²) < 4.78 is 0. The molecule has 0 heterocycles. The van der Waals surface area contributed by atoms with Crippen molar-refractivity contribution in [2.24, 2.45) is 23.0 Å². The van der Waals surface area contributed by atoms with E-state index in [0.29, 0.717) is 5.92 Å².